The third kappa shape index (κ3) is 7.59. The van der Waals surface area contributed by atoms with Crippen LogP contribution in [0.15, 0.2) is 96.2 Å². The minimum absolute atomic E-state index is 0.0535. The number of amides is 3. The fourth-order valence-corrected chi connectivity index (χ4v) is 9.78. The van der Waals surface area contributed by atoms with Gasteiger partial charge in [-0.1, -0.05) is 117 Å². The molecule has 5 atom stereocenters. The van der Waals surface area contributed by atoms with Gasteiger partial charge in [0.15, 0.2) is 0 Å². The van der Waals surface area contributed by atoms with E-state index in [1.807, 2.05) is 104 Å². The second-order valence-electron chi connectivity index (χ2n) is 16.9. The summed E-state index contributed by atoms with van der Waals surface area (Å²) < 4.78 is 55.8. The smallest absolute Gasteiger partial charge is 0.259 e. The van der Waals surface area contributed by atoms with E-state index in [0.717, 1.165) is 38.6 Å². The molecule has 3 aliphatic carbocycles. The van der Waals surface area contributed by atoms with Crippen LogP contribution in [0.2, 0.25) is 0 Å². The molecule has 0 aromatic heterocycles. The second kappa shape index (κ2) is 15.2. The molecule has 3 fully saturated rings. The van der Waals surface area contributed by atoms with E-state index in [2.05, 4.69) is 27.9 Å². The average Bonchev–Trinajstić information content (AvgIpc) is 4.11. The van der Waals surface area contributed by atoms with Crippen molar-refractivity contribution in [3.63, 3.8) is 0 Å². The van der Waals surface area contributed by atoms with Gasteiger partial charge in [-0.3, -0.25) is 19.1 Å². The van der Waals surface area contributed by atoms with Gasteiger partial charge in [-0.2, -0.15) is 0 Å². The highest BCUT2D eigenvalue weighted by atomic mass is 32.2. The number of benzene rings is 4. The monoisotopic (exact) mass is 811 g/mol. The zero-order chi connectivity index (χ0) is 41.0. The number of sulfonamides is 1. The van der Waals surface area contributed by atoms with Crippen molar-refractivity contribution in [2.45, 2.75) is 88.3 Å². The molecule has 11 nitrogen and oxygen atoms in total. The maximum absolute atomic E-state index is 14.8. The van der Waals surface area contributed by atoms with Crippen molar-refractivity contribution >= 4 is 44.2 Å². The molecule has 0 radical (unpaired) electrons. The van der Waals surface area contributed by atoms with Crippen LogP contribution in [0.3, 0.4) is 0 Å². The molecule has 4 aromatic rings. The molecule has 1 saturated heterocycles. The lowest BCUT2D eigenvalue weighted by molar-refractivity contribution is -0.143. The number of nitrogens with one attached hydrogen (secondary N) is 3. The van der Waals surface area contributed by atoms with Gasteiger partial charge in [0, 0.05) is 17.5 Å². The maximum Gasteiger partial charge on any atom is 0.259 e. The number of carbonyl (C=O) groups excluding carboxylic acids is 3. The number of rotatable bonds is 13. The van der Waals surface area contributed by atoms with Gasteiger partial charge in [-0.05, 0) is 65.1 Å². The summed E-state index contributed by atoms with van der Waals surface area (Å²) >= 11 is 0. The Morgan fingerprint density at radius 2 is 1.52 bits per heavy atom. The molecular weight excluding hydrogens is 765 g/mol. The van der Waals surface area contributed by atoms with Gasteiger partial charge in [0.1, 0.15) is 23.4 Å². The molecule has 8 rings (SSSR count). The Labute approximate surface area is 336 Å². The largest absolute Gasteiger partial charge is 0.390 e. The first-order valence-electron chi connectivity index (χ1n) is 19.8. The summed E-state index contributed by atoms with van der Waals surface area (Å²) in [6.45, 7) is 6.13. The van der Waals surface area contributed by atoms with Crippen LogP contribution in [0.4, 0.5) is 8.78 Å². The zero-order valence-electron chi connectivity index (χ0n) is 32.6. The van der Waals surface area contributed by atoms with Crippen LogP contribution in [0.25, 0.3) is 21.9 Å². The summed E-state index contributed by atoms with van der Waals surface area (Å²) in [7, 11) is -4.10. The molecule has 2 saturated carbocycles. The Morgan fingerprint density at radius 3 is 2.14 bits per heavy atom. The molecular formula is C44H47F2N5O6S. The highest BCUT2D eigenvalue weighted by Crippen LogP contribution is 2.48. The topological polar surface area (TPSA) is 146 Å². The van der Waals surface area contributed by atoms with E-state index in [9.17, 15) is 31.6 Å². The Bertz CT molecular complexity index is 2360. The zero-order valence-corrected chi connectivity index (χ0v) is 33.4. The number of fused-ring (bicyclic) bond motifs is 4. The van der Waals surface area contributed by atoms with Gasteiger partial charge in [0.25, 0.3) is 5.91 Å². The lowest BCUT2D eigenvalue weighted by Gasteiger charge is -2.36. The molecule has 304 valence electrons. The van der Waals surface area contributed by atoms with Crippen molar-refractivity contribution in [2.75, 3.05) is 13.1 Å². The maximum atomic E-state index is 14.8. The molecule has 1 heterocycles. The minimum Gasteiger partial charge on any atom is -0.390 e. The van der Waals surface area contributed by atoms with Gasteiger partial charge in [-0.15, -0.1) is 0 Å². The van der Waals surface area contributed by atoms with Crippen LogP contribution in [-0.2, 0) is 35.7 Å². The van der Waals surface area contributed by atoms with Crippen molar-refractivity contribution in [3.8, 4) is 11.1 Å². The quantitative estimate of drug-likeness (QED) is 0.132. The molecule has 4 aromatic carbocycles. The Balaban J connectivity index is 1.06. The van der Waals surface area contributed by atoms with Gasteiger partial charge in [-0.25, -0.2) is 17.2 Å². The minimum atomic E-state index is -4.10. The summed E-state index contributed by atoms with van der Waals surface area (Å²) in [5.41, 5.74) is 2.65. The van der Waals surface area contributed by atoms with Crippen LogP contribution >= 0.6 is 0 Å². The van der Waals surface area contributed by atoms with Crippen molar-refractivity contribution in [3.05, 3.63) is 108 Å². The fourth-order valence-electron chi connectivity index (χ4n) is 8.42. The highest BCUT2D eigenvalue weighted by Gasteiger charge is 2.67. The number of carbonyl (C=O) groups is 3. The van der Waals surface area contributed by atoms with Crippen LogP contribution in [0.1, 0.15) is 63.1 Å². The van der Waals surface area contributed by atoms with Crippen molar-refractivity contribution in [1.29, 1.82) is 0 Å². The molecule has 14 heteroatoms. The lowest BCUT2D eigenvalue weighted by atomic mass is 9.85. The van der Waals surface area contributed by atoms with Gasteiger partial charge in [0.05, 0.1) is 23.8 Å². The molecule has 0 unspecified atom stereocenters. The molecule has 1 aliphatic heterocycles. The molecule has 0 bridgehead atoms. The molecule has 58 heavy (non-hydrogen) atoms. The van der Waals surface area contributed by atoms with E-state index in [1.165, 1.54) is 4.90 Å². The van der Waals surface area contributed by atoms with E-state index in [4.69, 9.17) is 4.84 Å². The van der Waals surface area contributed by atoms with E-state index < -0.39 is 80.9 Å². The predicted octanol–water partition coefficient (Wildman–Crippen LogP) is 5.55. The van der Waals surface area contributed by atoms with Crippen molar-refractivity contribution in [2.24, 2.45) is 16.5 Å². The number of halogens is 2. The second-order valence-corrected chi connectivity index (χ2v) is 18.9. The van der Waals surface area contributed by atoms with Gasteiger partial charge >= 0.3 is 0 Å². The average molecular weight is 812 g/mol. The standard InChI is InChI=1S/C44H47F2N5O6S/c1-43(2,3)38(47-22-21-27-13-10-12-26-11-4-5-14-30(26)27)41(53)51-25-28(57-49-37-33-17-8-6-15-31(33)32-16-7-9-18-34(32)37)23-36(51)40(52)48-44(24-35(44)39(45)46)42(54)50-58(55,56)29-19-20-29/h4-18,28-29,35-36,38-39,47H,19-25H2,1-3H3,(H,48,52)(H,50,54)/t28-,35+,36+,38-,44+/m1/s1. The first-order chi connectivity index (χ1) is 27.7. The number of nitrogens with zero attached hydrogens (tertiary/aromatic N) is 2. The third-order valence-corrected chi connectivity index (χ3v) is 13.6. The van der Waals surface area contributed by atoms with Crippen molar-refractivity contribution in [1.82, 2.24) is 20.3 Å². The van der Waals surface area contributed by atoms with Crippen LogP contribution in [-0.4, -0.2) is 85.2 Å². The van der Waals surface area contributed by atoms with Crippen molar-refractivity contribution < 1.29 is 36.4 Å². The summed E-state index contributed by atoms with van der Waals surface area (Å²) in [4.78, 5) is 50.1. The number of hydrogen-bond acceptors (Lipinski definition) is 8. The fraction of sp³-hybridized carbons (Fsp3) is 0.409. The number of likely N-dealkylation sites (tertiary alicyclic amines) is 1. The molecule has 3 N–H and O–H groups in total. The first kappa shape index (κ1) is 39.6. The molecule has 0 spiro atoms. The van der Waals surface area contributed by atoms with E-state index in [0.29, 0.717) is 31.5 Å². The van der Waals surface area contributed by atoms with E-state index in [-0.39, 0.29) is 13.0 Å². The summed E-state index contributed by atoms with van der Waals surface area (Å²) in [5.74, 6) is -4.06. The van der Waals surface area contributed by atoms with E-state index >= 15 is 0 Å². The SMILES string of the molecule is CC(C)(C)[C@H](NCCc1cccc2ccccc12)C(=O)N1C[C@H](ON=C2c3ccccc3-c3ccccc32)C[C@H]1C(=O)N[C@@]1(C(=O)NS(=O)(=O)C2CC2)C[C@H]1C(F)F. The van der Waals surface area contributed by atoms with Crippen LogP contribution in [0, 0.1) is 11.3 Å². The predicted molar refractivity (Wildman–Crippen MR) is 216 cm³/mol. The third-order valence-electron chi connectivity index (χ3n) is 11.8. The van der Waals surface area contributed by atoms with Crippen LogP contribution < -0.4 is 15.4 Å². The number of hydrogen-bond donors (Lipinski definition) is 3. The van der Waals surface area contributed by atoms with Gasteiger partial charge < -0.3 is 20.4 Å². The summed E-state index contributed by atoms with van der Waals surface area (Å²) in [6, 6.07) is 27.7. The highest BCUT2D eigenvalue weighted by molar-refractivity contribution is 7.91. The number of alkyl halides is 2. The number of oxime groups is 1. The Morgan fingerprint density at radius 1 is 0.897 bits per heavy atom. The van der Waals surface area contributed by atoms with Gasteiger partial charge in [0.2, 0.25) is 28.3 Å². The van der Waals surface area contributed by atoms with Crippen LogP contribution in [0.5, 0.6) is 0 Å². The molecule has 3 amide bonds. The normalized spacial score (nSPS) is 23.0. The van der Waals surface area contributed by atoms with E-state index in [1.54, 1.807) is 0 Å². The first-order valence-corrected chi connectivity index (χ1v) is 21.3. The lowest BCUT2D eigenvalue weighted by Crippen LogP contribution is -2.60. The Hall–Kier alpha value is -5.21. The Kier molecular flexibility index (Phi) is 10.4. The summed E-state index contributed by atoms with van der Waals surface area (Å²) in [6.07, 6.45) is -2.96. The molecule has 4 aliphatic rings. The summed E-state index contributed by atoms with van der Waals surface area (Å²) in [5, 5.41) is 12.0.